The fourth-order valence-electron chi connectivity index (χ4n) is 2.93. The highest BCUT2D eigenvalue weighted by atomic mass is 16.6. The monoisotopic (exact) mass is 378 g/mol. The molecule has 2 rings (SSSR count). The fraction of sp³-hybridized carbons (Fsp3) is 0.684. The second-order valence-electron chi connectivity index (χ2n) is 7.91. The number of nitrogens with zero attached hydrogens (tertiary/aromatic N) is 3. The summed E-state index contributed by atoms with van der Waals surface area (Å²) in [5.41, 5.74) is 0.271. The molecule has 2 heterocycles. The SMILES string of the molecule is Cc1cc(OC2CCN(C(=O)C(C)NC(=O)OC(C)(C)C)CC2)nc(C)n1. The first-order valence-electron chi connectivity index (χ1n) is 9.31. The molecule has 1 atom stereocenters. The van der Waals surface area contributed by atoms with Gasteiger partial charge in [-0.25, -0.2) is 9.78 Å². The summed E-state index contributed by atoms with van der Waals surface area (Å²) in [6.45, 7) is 11.9. The van der Waals surface area contributed by atoms with E-state index in [1.54, 1.807) is 32.6 Å². The van der Waals surface area contributed by atoms with Gasteiger partial charge in [0, 0.05) is 37.7 Å². The summed E-state index contributed by atoms with van der Waals surface area (Å²) >= 11 is 0. The summed E-state index contributed by atoms with van der Waals surface area (Å²) in [5.74, 6) is 1.14. The van der Waals surface area contributed by atoms with Crippen LogP contribution in [-0.4, -0.2) is 57.7 Å². The van der Waals surface area contributed by atoms with Gasteiger partial charge in [-0.1, -0.05) is 0 Å². The van der Waals surface area contributed by atoms with Gasteiger partial charge in [-0.05, 0) is 41.5 Å². The summed E-state index contributed by atoms with van der Waals surface area (Å²) in [4.78, 5) is 34.7. The van der Waals surface area contributed by atoms with Gasteiger partial charge < -0.3 is 19.7 Å². The molecule has 1 saturated heterocycles. The first-order chi connectivity index (χ1) is 12.5. The number of amides is 2. The maximum atomic E-state index is 12.5. The zero-order valence-corrected chi connectivity index (χ0v) is 17.0. The average molecular weight is 378 g/mol. The summed E-state index contributed by atoms with van der Waals surface area (Å²) in [5, 5.41) is 2.60. The Hall–Kier alpha value is -2.38. The summed E-state index contributed by atoms with van der Waals surface area (Å²) in [6.07, 6.45) is 0.855. The van der Waals surface area contributed by atoms with Crippen molar-refractivity contribution < 1.29 is 19.1 Å². The minimum absolute atomic E-state index is 0.0110. The molecule has 8 nitrogen and oxygen atoms in total. The number of likely N-dealkylation sites (tertiary alicyclic amines) is 1. The minimum atomic E-state index is -0.635. The molecule has 150 valence electrons. The number of rotatable bonds is 4. The smallest absolute Gasteiger partial charge is 0.408 e. The van der Waals surface area contributed by atoms with Gasteiger partial charge in [0.1, 0.15) is 23.6 Å². The third-order valence-corrected chi connectivity index (χ3v) is 4.09. The van der Waals surface area contributed by atoms with Crippen LogP contribution in [0.4, 0.5) is 4.79 Å². The number of piperidine rings is 1. The minimum Gasteiger partial charge on any atom is -0.474 e. The second-order valence-corrected chi connectivity index (χ2v) is 7.91. The van der Waals surface area contributed by atoms with Crippen molar-refractivity contribution in [2.75, 3.05) is 13.1 Å². The first-order valence-corrected chi connectivity index (χ1v) is 9.31. The highest BCUT2D eigenvalue weighted by Gasteiger charge is 2.29. The van der Waals surface area contributed by atoms with E-state index in [1.165, 1.54) is 0 Å². The van der Waals surface area contributed by atoms with Gasteiger partial charge >= 0.3 is 6.09 Å². The molecule has 2 amide bonds. The summed E-state index contributed by atoms with van der Waals surface area (Å²) in [6, 6.07) is 1.18. The van der Waals surface area contributed by atoms with Crippen LogP contribution in [0.1, 0.15) is 52.1 Å². The molecule has 1 aromatic heterocycles. The Morgan fingerprint density at radius 1 is 1.22 bits per heavy atom. The number of alkyl carbamates (subject to hydrolysis) is 1. The summed E-state index contributed by atoms with van der Waals surface area (Å²) in [7, 11) is 0. The molecule has 1 aliphatic heterocycles. The predicted octanol–water partition coefficient (Wildman–Crippen LogP) is 2.38. The molecular formula is C19H30N4O4. The van der Waals surface area contributed by atoms with Crippen LogP contribution in [0.5, 0.6) is 5.88 Å². The zero-order valence-electron chi connectivity index (χ0n) is 17.0. The largest absolute Gasteiger partial charge is 0.474 e. The van der Waals surface area contributed by atoms with E-state index in [1.807, 2.05) is 19.9 Å². The number of ether oxygens (including phenoxy) is 2. The van der Waals surface area contributed by atoms with Gasteiger partial charge in [-0.15, -0.1) is 0 Å². The molecule has 0 spiro atoms. The Morgan fingerprint density at radius 3 is 2.41 bits per heavy atom. The van der Waals surface area contributed by atoms with Gasteiger partial charge in [0.05, 0.1) is 0 Å². The number of hydrogen-bond donors (Lipinski definition) is 1. The molecule has 1 aliphatic rings. The highest BCUT2D eigenvalue weighted by Crippen LogP contribution is 2.18. The number of aryl methyl sites for hydroxylation is 2. The van der Waals surface area contributed by atoms with E-state index in [4.69, 9.17) is 9.47 Å². The molecular weight excluding hydrogens is 348 g/mol. The lowest BCUT2D eigenvalue weighted by molar-refractivity contribution is -0.134. The van der Waals surface area contributed by atoms with E-state index in [0.717, 1.165) is 5.69 Å². The Kier molecular flexibility index (Phi) is 6.62. The number of aromatic nitrogens is 2. The Balaban J connectivity index is 1.82. The van der Waals surface area contributed by atoms with Crippen molar-refractivity contribution in [2.45, 2.75) is 72.1 Å². The summed E-state index contributed by atoms with van der Waals surface area (Å²) < 4.78 is 11.1. The predicted molar refractivity (Wildman–Crippen MR) is 101 cm³/mol. The van der Waals surface area contributed by atoms with Crippen molar-refractivity contribution in [2.24, 2.45) is 0 Å². The molecule has 0 bridgehead atoms. The Morgan fingerprint density at radius 2 is 1.85 bits per heavy atom. The van der Waals surface area contributed by atoms with Crippen molar-refractivity contribution in [3.63, 3.8) is 0 Å². The van der Waals surface area contributed by atoms with E-state index >= 15 is 0 Å². The van der Waals surface area contributed by atoms with E-state index in [2.05, 4.69) is 15.3 Å². The Bertz CT molecular complexity index is 659. The fourth-order valence-corrected chi connectivity index (χ4v) is 2.93. The molecule has 1 N–H and O–H groups in total. The van der Waals surface area contributed by atoms with Crippen molar-refractivity contribution in [1.82, 2.24) is 20.2 Å². The van der Waals surface area contributed by atoms with Gasteiger partial charge in [0.2, 0.25) is 11.8 Å². The maximum Gasteiger partial charge on any atom is 0.408 e. The lowest BCUT2D eigenvalue weighted by Gasteiger charge is -2.33. The van der Waals surface area contributed by atoms with Gasteiger partial charge in [0.15, 0.2) is 0 Å². The molecule has 1 unspecified atom stereocenters. The van der Waals surface area contributed by atoms with Gasteiger partial charge in [-0.2, -0.15) is 4.98 Å². The topological polar surface area (TPSA) is 93.7 Å². The van der Waals surface area contributed by atoms with E-state index in [0.29, 0.717) is 37.6 Å². The third-order valence-electron chi connectivity index (χ3n) is 4.09. The second kappa shape index (κ2) is 8.54. The van der Waals surface area contributed by atoms with Crippen molar-refractivity contribution >= 4 is 12.0 Å². The van der Waals surface area contributed by atoms with Crippen molar-refractivity contribution in [3.05, 3.63) is 17.6 Å². The molecule has 0 aliphatic carbocycles. The van der Waals surface area contributed by atoms with Crippen LogP contribution < -0.4 is 10.1 Å². The average Bonchev–Trinajstić information content (AvgIpc) is 2.52. The number of nitrogens with one attached hydrogen (secondary N) is 1. The highest BCUT2D eigenvalue weighted by molar-refractivity contribution is 5.85. The Labute approximate surface area is 160 Å². The molecule has 27 heavy (non-hydrogen) atoms. The van der Waals surface area contributed by atoms with Crippen molar-refractivity contribution in [1.29, 1.82) is 0 Å². The van der Waals surface area contributed by atoms with Gasteiger partial charge in [0.25, 0.3) is 0 Å². The lowest BCUT2D eigenvalue weighted by atomic mass is 10.1. The zero-order chi connectivity index (χ0) is 20.2. The maximum absolute atomic E-state index is 12.5. The van der Waals surface area contributed by atoms with Crippen LogP contribution in [0.25, 0.3) is 0 Å². The number of carbonyl (C=O) groups excluding carboxylic acids is 2. The van der Waals surface area contributed by atoms with Crippen LogP contribution in [0, 0.1) is 13.8 Å². The lowest BCUT2D eigenvalue weighted by Crippen LogP contribution is -2.51. The molecule has 0 aromatic carbocycles. The van der Waals surface area contributed by atoms with Crippen molar-refractivity contribution in [3.8, 4) is 5.88 Å². The number of carbonyl (C=O) groups is 2. The molecule has 0 saturated carbocycles. The van der Waals surface area contributed by atoms with E-state index in [-0.39, 0.29) is 12.0 Å². The normalized spacial score (nSPS) is 16.6. The number of hydrogen-bond acceptors (Lipinski definition) is 6. The first kappa shape index (κ1) is 20.9. The van der Waals surface area contributed by atoms with Crippen LogP contribution >= 0.6 is 0 Å². The standard InChI is InChI=1S/C19H30N4O4/c1-12-11-16(22-14(3)20-12)26-15-7-9-23(10-8-15)17(24)13(2)21-18(25)27-19(4,5)6/h11,13,15H,7-10H2,1-6H3,(H,21,25). The van der Waals surface area contributed by atoms with Crippen LogP contribution in [-0.2, 0) is 9.53 Å². The van der Waals surface area contributed by atoms with Crippen LogP contribution in [0.15, 0.2) is 6.07 Å². The molecule has 1 aromatic rings. The molecule has 1 fully saturated rings. The van der Waals surface area contributed by atoms with Crippen LogP contribution in [0.2, 0.25) is 0 Å². The molecule has 0 radical (unpaired) electrons. The third kappa shape index (κ3) is 6.69. The van der Waals surface area contributed by atoms with Gasteiger partial charge in [-0.3, -0.25) is 4.79 Å². The molecule has 8 heteroatoms. The van der Waals surface area contributed by atoms with E-state index in [9.17, 15) is 9.59 Å². The van der Waals surface area contributed by atoms with E-state index < -0.39 is 17.7 Å². The van der Waals surface area contributed by atoms with Crippen LogP contribution in [0.3, 0.4) is 0 Å². The quantitative estimate of drug-likeness (QED) is 0.864.